The lowest BCUT2D eigenvalue weighted by molar-refractivity contribution is 0.0380. The van der Waals surface area contributed by atoms with Gasteiger partial charge in [-0.15, -0.1) is 11.3 Å². The van der Waals surface area contributed by atoms with Crippen LogP contribution in [0.15, 0.2) is 52.3 Å². The van der Waals surface area contributed by atoms with Crippen molar-refractivity contribution in [3.8, 4) is 22.6 Å². The lowest BCUT2D eigenvalue weighted by Gasteiger charge is -2.12. The number of fused-ring (bicyclic) bond motifs is 1. The van der Waals surface area contributed by atoms with Gasteiger partial charge in [-0.05, 0) is 49.7 Å². The van der Waals surface area contributed by atoms with E-state index in [1.807, 2.05) is 29.6 Å². The van der Waals surface area contributed by atoms with Crippen molar-refractivity contribution in [2.45, 2.75) is 20.0 Å². The summed E-state index contributed by atoms with van der Waals surface area (Å²) in [5.41, 5.74) is 2.29. The van der Waals surface area contributed by atoms with Crippen molar-refractivity contribution in [1.82, 2.24) is 0 Å². The van der Waals surface area contributed by atoms with Gasteiger partial charge in [0.1, 0.15) is 10.6 Å². The molecule has 0 saturated carbocycles. The zero-order chi connectivity index (χ0) is 21.3. The van der Waals surface area contributed by atoms with E-state index >= 15 is 0 Å². The van der Waals surface area contributed by atoms with E-state index in [0.29, 0.717) is 33.2 Å². The molecule has 0 aliphatic carbocycles. The van der Waals surface area contributed by atoms with Crippen LogP contribution in [0, 0.1) is 0 Å². The predicted molar refractivity (Wildman–Crippen MR) is 119 cm³/mol. The highest BCUT2D eigenvalue weighted by molar-refractivity contribution is 9.10. The largest absolute Gasteiger partial charge is 0.459 e. The lowest BCUT2D eigenvalue weighted by Crippen LogP contribution is -2.16. The van der Waals surface area contributed by atoms with Gasteiger partial charge in [-0.2, -0.15) is 0 Å². The zero-order valence-corrected chi connectivity index (χ0v) is 18.6. The number of benzene rings is 2. The summed E-state index contributed by atoms with van der Waals surface area (Å²) >= 11 is 4.74. The molecule has 1 aromatic heterocycles. The minimum absolute atomic E-state index is 0.131. The summed E-state index contributed by atoms with van der Waals surface area (Å²) in [7, 11) is 0. The van der Waals surface area contributed by atoms with Gasteiger partial charge in [-0.3, -0.25) is 4.79 Å². The third kappa shape index (κ3) is 4.20. The number of thiophene rings is 1. The molecule has 0 radical (unpaired) electrons. The summed E-state index contributed by atoms with van der Waals surface area (Å²) in [6, 6.07) is 12.6. The third-order valence-electron chi connectivity index (χ3n) is 4.34. The van der Waals surface area contributed by atoms with Crippen molar-refractivity contribution in [1.29, 1.82) is 0 Å². The Bertz CT molecular complexity index is 1120. The summed E-state index contributed by atoms with van der Waals surface area (Å²) in [6.07, 6.45) is -0.287. The van der Waals surface area contributed by atoms with Crippen LogP contribution in [-0.4, -0.2) is 24.8 Å². The van der Waals surface area contributed by atoms with Gasteiger partial charge in [0.2, 0.25) is 6.79 Å². The molecule has 0 saturated heterocycles. The Hall–Kier alpha value is -2.84. The van der Waals surface area contributed by atoms with Crippen molar-refractivity contribution < 1.29 is 23.8 Å². The van der Waals surface area contributed by atoms with E-state index in [1.165, 1.54) is 11.3 Å². The standard InChI is InChI=1S/C22H18BrNO5S/c1-12(2)29-22(26)19-16(13-4-3-5-15(23)8-13)10-30-21(19)24-20(25)14-6-7-17-18(9-14)28-11-27-17/h3-10,12H,11H2,1-2H3,(H,24,25). The molecule has 3 aromatic rings. The fraction of sp³-hybridized carbons (Fsp3) is 0.182. The Kier molecular flexibility index (Phi) is 5.78. The van der Waals surface area contributed by atoms with Gasteiger partial charge in [0.05, 0.1) is 6.10 Å². The first-order chi connectivity index (χ1) is 14.4. The SMILES string of the molecule is CC(C)OC(=O)c1c(-c2cccc(Br)c2)csc1NC(=O)c1ccc2c(c1)OCO2. The second-order valence-corrected chi connectivity index (χ2v) is 8.64. The number of anilines is 1. The Morgan fingerprint density at radius 1 is 1.13 bits per heavy atom. The molecular weight excluding hydrogens is 470 g/mol. The van der Waals surface area contributed by atoms with E-state index in [-0.39, 0.29) is 18.8 Å². The molecule has 154 valence electrons. The quantitative estimate of drug-likeness (QED) is 0.465. The summed E-state index contributed by atoms with van der Waals surface area (Å²) in [4.78, 5) is 25.7. The van der Waals surface area contributed by atoms with Gasteiger partial charge in [-0.25, -0.2) is 4.79 Å². The van der Waals surface area contributed by atoms with Gasteiger partial charge >= 0.3 is 5.97 Å². The van der Waals surface area contributed by atoms with E-state index in [9.17, 15) is 9.59 Å². The lowest BCUT2D eigenvalue weighted by atomic mass is 10.0. The number of carbonyl (C=O) groups excluding carboxylic acids is 2. The summed E-state index contributed by atoms with van der Waals surface area (Å²) < 4.78 is 17.0. The number of esters is 1. The van der Waals surface area contributed by atoms with E-state index < -0.39 is 5.97 Å². The molecule has 0 unspecified atom stereocenters. The second-order valence-electron chi connectivity index (χ2n) is 6.84. The van der Waals surface area contributed by atoms with Gasteiger partial charge in [-0.1, -0.05) is 28.1 Å². The summed E-state index contributed by atoms with van der Waals surface area (Å²) in [5, 5.41) is 5.12. The monoisotopic (exact) mass is 487 g/mol. The molecule has 6 nitrogen and oxygen atoms in total. The number of nitrogens with one attached hydrogen (secondary N) is 1. The summed E-state index contributed by atoms with van der Waals surface area (Å²) in [5.74, 6) is 0.278. The molecule has 0 fully saturated rings. The minimum atomic E-state index is -0.484. The molecule has 1 aliphatic heterocycles. The predicted octanol–water partition coefficient (Wildman–Crippen LogP) is 5.72. The van der Waals surface area contributed by atoms with E-state index in [0.717, 1.165) is 10.0 Å². The van der Waals surface area contributed by atoms with Crippen molar-refractivity contribution >= 4 is 44.1 Å². The highest BCUT2D eigenvalue weighted by atomic mass is 79.9. The highest BCUT2D eigenvalue weighted by Gasteiger charge is 2.25. The fourth-order valence-electron chi connectivity index (χ4n) is 3.01. The molecule has 1 amide bonds. The molecular formula is C22H18BrNO5S. The number of carbonyl (C=O) groups is 2. The fourth-order valence-corrected chi connectivity index (χ4v) is 4.36. The molecule has 30 heavy (non-hydrogen) atoms. The van der Waals surface area contributed by atoms with Crippen LogP contribution in [0.2, 0.25) is 0 Å². The average molecular weight is 488 g/mol. The Balaban J connectivity index is 1.68. The topological polar surface area (TPSA) is 73.9 Å². The molecule has 8 heteroatoms. The van der Waals surface area contributed by atoms with Crippen LogP contribution >= 0.6 is 27.3 Å². The third-order valence-corrected chi connectivity index (χ3v) is 5.72. The van der Waals surface area contributed by atoms with Gasteiger partial charge in [0, 0.05) is 21.0 Å². The van der Waals surface area contributed by atoms with Crippen LogP contribution in [0.4, 0.5) is 5.00 Å². The maximum Gasteiger partial charge on any atom is 0.342 e. The van der Waals surface area contributed by atoms with Crippen LogP contribution in [0.25, 0.3) is 11.1 Å². The smallest absolute Gasteiger partial charge is 0.342 e. The van der Waals surface area contributed by atoms with E-state index in [4.69, 9.17) is 14.2 Å². The van der Waals surface area contributed by atoms with E-state index in [2.05, 4.69) is 21.2 Å². The van der Waals surface area contributed by atoms with Crippen LogP contribution in [0.1, 0.15) is 34.6 Å². The maximum absolute atomic E-state index is 12.9. The number of ether oxygens (including phenoxy) is 3. The van der Waals surface area contributed by atoms with Crippen LogP contribution in [0.3, 0.4) is 0 Å². The van der Waals surface area contributed by atoms with Crippen LogP contribution < -0.4 is 14.8 Å². The molecule has 1 aliphatic rings. The van der Waals surface area contributed by atoms with Gasteiger partial charge < -0.3 is 19.5 Å². The Morgan fingerprint density at radius 2 is 1.93 bits per heavy atom. The normalized spacial score (nSPS) is 12.1. The molecule has 2 heterocycles. The summed E-state index contributed by atoms with van der Waals surface area (Å²) in [6.45, 7) is 3.70. The van der Waals surface area contributed by atoms with E-state index in [1.54, 1.807) is 32.0 Å². The zero-order valence-electron chi connectivity index (χ0n) is 16.2. The molecule has 0 bridgehead atoms. The van der Waals surface area contributed by atoms with Gasteiger partial charge in [0.25, 0.3) is 5.91 Å². The minimum Gasteiger partial charge on any atom is -0.459 e. The maximum atomic E-state index is 12.9. The molecule has 4 rings (SSSR count). The van der Waals surface area contributed by atoms with Crippen molar-refractivity contribution in [3.05, 3.63) is 63.4 Å². The molecule has 0 atom stereocenters. The highest BCUT2D eigenvalue weighted by Crippen LogP contribution is 2.38. The van der Waals surface area contributed by atoms with Crippen molar-refractivity contribution in [3.63, 3.8) is 0 Å². The second kappa shape index (κ2) is 8.49. The van der Waals surface area contributed by atoms with Gasteiger partial charge in [0.15, 0.2) is 11.5 Å². The number of hydrogen-bond donors (Lipinski definition) is 1. The van der Waals surface area contributed by atoms with Crippen molar-refractivity contribution in [2.24, 2.45) is 0 Å². The van der Waals surface area contributed by atoms with Crippen LogP contribution in [0.5, 0.6) is 11.5 Å². The Labute approximate surface area is 185 Å². The van der Waals surface area contributed by atoms with Crippen molar-refractivity contribution in [2.75, 3.05) is 12.1 Å². The molecule has 2 aromatic carbocycles. The Morgan fingerprint density at radius 3 is 2.70 bits per heavy atom. The van der Waals surface area contributed by atoms with Crippen LogP contribution in [-0.2, 0) is 4.74 Å². The first kappa shape index (κ1) is 20.4. The number of hydrogen-bond acceptors (Lipinski definition) is 6. The number of halogens is 1. The molecule has 0 spiro atoms. The first-order valence-corrected chi connectivity index (χ1v) is 10.9. The molecule has 1 N–H and O–H groups in total. The first-order valence-electron chi connectivity index (χ1n) is 9.22. The number of amides is 1. The average Bonchev–Trinajstić information content (AvgIpc) is 3.33. The number of rotatable bonds is 5.